The van der Waals surface area contributed by atoms with Crippen molar-refractivity contribution in [1.82, 2.24) is 5.32 Å². The summed E-state index contributed by atoms with van der Waals surface area (Å²) < 4.78 is 11.0. The van der Waals surface area contributed by atoms with E-state index in [1.165, 1.54) is 11.8 Å². The Labute approximate surface area is 116 Å². The first-order valence-electron chi connectivity index (χ1n) is 5.60. The first-order valence-corrected chi connectivity index (χ1v) is 8.31. The number of oxime groups is 1. The van der Waals surface area contributed by atoms with Crippen molar-refractivity contribution >= 4 is 33.9 Å². The van der Waals surface area contributed by atoms with Crippen LogP contribution in [0, 0.1) is 11.3 Å². The molecule has 106 valence electrons. The zero-order chi connectivity index (χ0) is 14.3. The fourth-order valence-electron chi connectivity index (χ4n) is 1.45. The fourth-order valence-corrected chi connectivity index (χ4v) is 3.62. The van der Waals surface area contributed by atoms with E-state index in [4.69, 9.17) is 5.21 Å². The normalized spacial score (nSPS) is 16.2. The predicted octanol–water partition coefficient (Wildman–Crippen LogP) is 1.29. The minimum atomic E-state index is -0.889. The second-order valence-electron chi connectivity index (χ2n) is 4.98. The van der Waals surface area contributed by atoms with Gasteiger partial charge in [0.05, 0.1) is 12.2 Å². The third-order valence-electron chi connectivity index (χ3n) is 2.34. The summed E-state index contributed by atoms with van der Waals surface area (Å²) in [4.78, 5) is 11.9. The minimum Gasteiger partial charge on any atom is -0.617 e. The molecule has 0 saturated heterocycles. The molecule has 2 N–H and O–H groups in total. The second kappa shape index (κ2) is 7.91. The Morgan fingerprint density at radius 2 is 2.11 bits per heavy atom. The molecule has 5 nitrogen and oxygen atoms in total. The standard InChI is InChI=1S/C11H22N2O3S2/c1-11(2,3)8(9(14)12-4)10(13-15)17-6-7-18(5)16/h8,15H,6-7H2,1-5H3,(H,12,14). The highest BCUT2D eigenvalue weighted by Gasteiger charge is 2.36. The number of amides is 1. The van der Waals surface area contributed by atoms with Gasteiger partial charge in [0.1, 0.15) is 10.8 Å². The molecule has 2 unspecified atom stereocenters. The van der Waals surface area contributed by atoms with Gasteiger partial charge in [0.25, 0.3) is 0 Å². The SMILES string of the molecule is CNC(=O)C(C(=NO)SCC[S+](C)[O-])C(C)(C)C. The number of hydrogen-bond donors (Lipinski definition) is 2. The molecule has 7 heteroatoms. The highest BCUT2D eigenvalue weighted by molar-refractivity contribution is 8.14. The quantitative estimate of drug-likeness (QED) is 0.263. The van der Waals surface area contributed by atoms with Crippen LogP contribution in [0.5, 0.6) is 0 Å². The average Bonchev–Trinajstić information content (AvgIpc) is 2.24. The molecule has 0 heterocycles. The van der Waals surface area contributed by atoms with E-state index in [-0.39, 0.29) is 11.3 Å². The first kappa shape index (κ1) is 17.6. The highest BCUT2D eigenvalue weighted by Crippen LogP contribution is 2.31. The van der Waals surface area contributed by atoms with Gasteiger partial charge in [-0.25, -0.2) is 0 Å². The third-order valence-corrected chi connectivity index (χ3v) is 4.40. The van der Waals surface area contributed by atoms with E-state index in [1.807, 2.05) is 20.8 Å². The maximum atomic E-state index is 11.9. The molecule has 0 rings (SSSR count). The Morgan fingerprint density at radius 3 is 2.44 bits per heavy atom. The minimum absolute atomic E-state index is 0.180. The van der Waals surface area contributed by atoms with Crippen LogP contribution >= 0.6 is 11.8 Å². The summed E-state index contributed by atoms with van der Waals surface area (Å²) in [7, 11) is 1.56. The Balaban J connectivity index is 4.80. The van der Waals surface area contributed by atoms with Crippen molar-refractivity contribution in [2.75, 3.05) is 24.8 Å². The van der Waals surface area contributed by atoms with Crippen LogP contribution in [-0.4, -0.2) is 45.5 Å². The van der Waals surface area contributed by atoms with Crippen molar-refractivity contribution < 1.29 is 14.6 Å². The zero-order valence-electron chi connectivity index (χ0n) is 11.5. The van der Waals surface area contributed by atoms with Crippen molar-refractivity contribution in [3.63, 3.8) is 0 Å². The summed E-state index contributed by atoms with van der Waals surface area (Å²) in [5, 5.41) is 15.3. The van der Waals surface area contributed by atoms with Gasteiger partial charge in [-0.1, -0.05) is 37.1 Å². The van der Waals surface area contributed by atoms with Crippen LogP contribution in [0.15, 0.2) is 5.16 Å². The van der Waals surface area contributed by atoms with E-state index in [0.717, 1.165) is 0 Å². The average molecular weight is 294 g/mol. The van der Waals surface area contributed by atoms with Crippen molar-refractivity contribution in [2.45, 2.75) is 20.8 Å². The molecular weight excluding hydrogens is 272 g/mol. The van der Waals surface area contributed by atoms with Crippen molar-refractivity contribution in [3.8, 4) is 0 Å². The molecule has 0 saturated carbocycles. The predicted molar refractivity (Wildman–Crippen MR) is 77.6 cm³/mol. The Morgan fingerprint density at radius 1 is 1.56 bits per heavy atom. The topological polar surface area (TPSA) is 84.8 Å². The lowest BCUT2D eigenvalue weighted by Crippen LogP contribution is -2.40. The summed E-state index contributed by atoms with van der Waals surface area (Å²) in [6.45, 7) is 5.74. The van der Waals surface area contributed by atoms with Gasteiger partial charge in [0.2, 0.25) is 5.91 Å². The van der Waals surface area contributed by atoms with E-state index in [0.29, 0.717) is 16.5 Å². The second-order valence-corrected chi connectivity index (χ2v) is 7.65. The van der Waals surface area contributed by atoms with Gasteiger partial charge in [0, 0.05) is 12.8 Å². The summed E-state index contributed by atoms with van der Waals surface area (Å²) in [6, 6.07) is 0. The van der Waals surface area contributed by atoms with Crippen LogP contribution < -0.4 is 5.32 Å². The summed E-state index contributed by atoms with van der Waals surface area (Å²) in [6.07, 6.45) is 1.62. The molecule has 0 spiro atoms. The van der Waals surface area contributed by atoms with Gasteiger partial charge in [-0.2, -0.15) is 0 Å². The molecule has 1 amide bonds. The fraction of sp³-hybridized carbons (Fsp3) is 0.818. The molecule has 18 heavy (non-hydrogen) atoms. The Kier molecular flexibility index (Phi) is 7.73. The van der Waals surface area contributed by atoms with Crippen LogP contribution in [0.1, 0.15) is 20.8 Å². The van der Waals surface area contributed by atoms with Gasteiger partial charge in [-0.05, 0) is 5.41 Å². The van der Waals surface area contributed by atoms with Crippen molar-refractivity contribution in [2.24, 2.45) is 16.5 Å². The number of thioether (sulfide) groups is 1. The number of hydrogen-bond acceptors (Lipinski definition) is 5. The van der Waals surface area contributed by atoms with Crippen LogP contribution in [0.3, 0.4) is 0 Å². The van der Waals surface area contributed by atoms with Crippen molar-refractivity contribution in [3.05, 3.63) is 0 Å². The summed E-state index contributed by atoms with van der Waals surface area (Å²) in [5.74, 6) is 0.378. The largest absolute Gasteiger partial charge is 0.617 e. The third kappa shape index (κ3) is 5.97. The van der Waals surface area contributed by atoms with E-state index < -0.39 is 17.1 Å². The number of nitrogens with zero attached hydrogens (tertiary/aromatic N) is 1. The van der Waals surface area contributed by atoms with E-state index in [1.54, 1.807) is 13.3 Å². The molecule has 0 aliphatic carbocycles. The molecule has 0 aliphatic rings. The molecule has 0 bridgehead atoms. The molecule has 0 aromatic carbocycles. The number of nitrogens with one attached hydrogen (secondary N) is 1. The van der Waals surface area contributed by atoms with Gasteiger partial charge in [0.15, 0.2) is 0 Å². The lowest BCUT2D eigenvalue weighted by molar-refractivity contribution is -0.124. The van der Waals surface area contributed by atoms with Crippen molar-refractivity contribution in [1.29, 1.82) is 0 Å². The monoisotopic (exact) mass is 294 g/mol. The number of carbonyl (C=O) groups is 1. The highest BCUT2D eigenvalue weighted by atomic mass is 32.2. The zero-order valence-corrected chi connectivity index (χ0v) is 13.2. The maximum absolute atomic E-state index is 11.9. The molecule has 2 atom stereocenters. The van der Waals surface area contributed by atoms with Crippen LogP contribution in [0.4, 0.5) is 0 Å². The smallest absolute Gasteiger partial charge is 0.230 e. The number of carbonyl (C=O) groups excluding carboxylic acids is 1. The first-order chi connectivity index (χ1) is 8.23. The Bertz CT molecular complexity index is 301. The lowest BCUT2D eigenvalue weighted by Gasteiger charge is -2.29. The lowest BCUT2D eigenvalue weighted by atomic mass is 9.81. The molecule has 0 fully saturated rings. The van der Waals surface area contributed by atoms with Gasteiger partial charge >= 0.3 is 0 Å². The molecular formula is C11H22N2O3S2. The van der Waals surface area contributed by atoms with Crippen LogP contribution in [0.25, 0.3) is 0 Å². The Hall–Kier alpha value is -0.400. The van der Waals surface area contributed by atoms with Gasteiger partial charge in [-0.3, -0.25) is 4.79 Å². The molecule has 0 aromatic heterocycles. The summed E-state index contributed by atoms with van der Waals surface area (Å²) in [5.41, 5.74) is -0.347. The molecule has 0 aromatic rings. The van der Waals surface area contributed by atoms with Crippen LogP contribution in [-0.2, 0) is 16.0 Å². The van der Waals surface area contributed by atoms with E-state index >= 15 is 0 Å². The van der Waals surface area contributed by atoms with Gasteiger partial charge in [-0.15, -0.1) is 11.8 Å². The summed E-state index contributed by atoms with van der Waals surface area (Å²) >= 11 is 0.386. The number of rotatable bonds is 5. The van der Waals surface area contributed by atoms with E-state index in [2.05, 4.69) is 10.5 Å². The van der Waals surface area contributed by atoms with E-state index in [9.17, 15) is 9.35 Å². The maximum Gasteiger partial charge on any atom is 0.230 e. The molecule has 0 aliphatic heterocycles. The van der Waals surface area contributed by atoms with Crippen LogP contribution in [0.2, 0.25) is 0 Å². The van der Waals surface area contributed by atoms with Gasteiger partial charge < -0.3 is 15.1 Å². The molecule has 0 radical (unpaired) electrons.